The summed E-state index contributed by atoms with van der Waals surface area (Å²) in [6, 6.07) is 5.91. The Bertz CT molecular complexity index is 513. The number of para-hydroxylation sites is 1. The van der Waals surface area contributed by atoms with Crippen LogP contribution < -0.4 is 0 Å². The van der Waals surface area contributed by atoms with Crippen molar-refractivity contribution in [3.8, 4) is 0 Å². The fourth-order valence-electron chi connectivity index (χ4n) is 1.51. The Kier molecular flexibility index (Phi) is 2.03. The highest BCUT2D eigenvalue weighted by molar-refractivity contribution is 5.97. The van der Waals surface area contributed by atoms with Crippen molar-refractivity contribution in [3.63, 3.8) is 0 Å². The lowest BCUT2D eigenvalue weighted by molar-refractivity contribution is -0.200. The number of carbonyl (C=O) groups excluding carboxylic acids is 1. The minimum atomic E-state index is -4.50. The summed E-state index contributed by atoms with van der Waals surface area (Å²) in [7, 11) is 0. The Morgan fingerprint density at radius 1 is 1.20 bits per heavy atom. The van der Waals surface area contributed by atoms with Crippen LogP contribution in [0.1, 0.15) is 10.4 Å². The van der Waals surface area contributed by atoms with Crippen molar-refractivity contribution in [2.75, 3.05) is 0 Å². The molecule has 0 aliphatic heterocycles. The van der Waals surface area contributed by atoms with Crippen molar-refractivity contribution < 1.29 is 18.0 Å². The van der Waals surface area contributed by atoms with Gasteiger partial charge in [0.25, 0.3) is 0 Å². The minimum absolute atomic E-state index is 0.00731. The average Bonchev–Trinajstić information content (AvgIpc) is 2.55. The molecule has 0 unspecified atom stereocenters. The van der Waals surface area contributed by atoms with E-state index in [0.717, 1.165) is 6.20 Å². The van der Waals surface area contributed by atoms with Gasteiger partial charge in [0, 0.05) is 17.1 Å². The van der Waals surface area contributed by atoms with Crippen LogP contribution in [0, 0.1) is 0 Å². The standard InChI is InChI=1S/C10H6F3NO/c11-10(12,13)14-5-7(6-15)8-3-1-2-4-9(8)14/h1-6H. The molecule has 1 heterocycles. The van der Waals surface area contributed by atoms with Crippen molar-refractivity contribution in [2.45, 2.75) is 6.30 Å². The minimum Gasteiger partial charge on any atom is -0.298 e. The van der Waals surface area contributed by atoms with Crippen molar-refractivity contribution >= 4 is 17.2 Å². The molecule has 0 bridgehead atoms. The number of hydrogen-bond donors (Lipinski definition) is 0. The van der Waals surface area contributed by atoms with E-state index in [2.05, 4.69) is 0 Å². The Morgan fingerprint density at radius 2 is 1.87 bits per heavy atom. The molecular formula is C10H6F3NO. The smallest absolute Gasteiger partial charge is 0.298 e. The van der Waals surface area contributed by atoms with Gasteiger partial charge in [0.2, 0.25) is 0 Å². The first kappa shape index (κ1) is 9.76. The predicted molar refractivity (Wildman–Crippen MR) is 48.6 cm³/mol. The highest BCUT2D eigenvalue weighted by Gasteiger charge is 2.32. The van der Waals surface area contributed by atoms with E-state index in [0.29, 0.717) is 11.7 Å². The predicted octanol–water partition coefficient (Wildman–Crippen LogP) is 2.93. The van der Waals surface area contributed by atoms with Crippen molar-refractivity contribution in [1.29, 1.82) is 0 Å². The summed E-state index contributed by atoms with van der Waals surface area (Å²) in [6.45, 7) is 0. The fourth-order valence-corrected chi connectivity index (χ4v) is 1.51. The molecule has 0 atom stereocenters. The van der Waals surface area contributed by atoms with E-state index >= 15 is 0 Å². The number of halogens is 3. The molecule has 0 radical (unpaired) electrons. The van der Waals surface area contributed by atoms with E-state index < -0.39 is 6.30 Å². The maximum Gasteiger partial charge on any atom is 0.488 e. The van der Waals surface area contributed by atoms with Crippen LogP contribution in [0.4, 0.5) is 13.2 Å². The Balaban J connectivity index is 2.82. The zero-order valence-electron chi connectivity index (χ0n) is 7.45. The summed E-state index contributed by atoms with van der Waals surface area (Å²) in [5, 5.41) is 0.310. The second-order valence-corrected chi connectivity index (χ2v) is 3.06. The molecule has 1 aromatic carbocycles. The first-order chi connectivity index (χ1) is 7.04. The van der Waals surface area contributed by atoms with Crippen LogP contribution in [0.15, 0.2) is 30.5 Å². The topological polar surface area (TPSA) is 22.0 Å². The van der Waals surface area contributed by atoms with Gasteiger partial charge in [0.15, 0.2) is 6.29 Å². The van der Waals surface area contributed by atoms with Crippen LogP contribution in [0.2, 0.25) is 0 Å². The molecule has 2 rings (SSSR count). The summed E-state index contributed by atoms with van der Waals surface area (Å²) in [6.07, 6.45) is -3.27. The summed E-state index contributed by atoms with van der Waals surface area (Å²) >= 11 is 0. The number of rotatable bonds is 1. The molecule has 0 N–H and O–H groups in total. The number of carbonyl (C=O) groups is 1. The highest BCUT2D eigenvalue weighted by atomic mass is 19.4. The molecule has 0 aliphatic rings. The molecule has 1 aromatic heterocycles. The van der Waals surface area contributed by atoms with Crippen molar-refractivity contribution in [1.82, 2.24) is 4.57 Å². The lowest BCUT2D eigenvalue weighted by atomic mass is 10.2. The van der Waals surface area contributed by atoms with Gasteiger partial charge in [-0.15, -0.1) is 13.2 Å². The molecule has 5 heteroatoms. The van der Waals surface area contributed by atoms with E-state index in [1.807, 2.05) is 0 Å². The second-order valence-electron chi connectivity index (χ2n) is 3.06. The zero-order chi connectivity index (χ0) is 11.1. The molecule has 2 nitrogen and oxygen atoms in total. The van der Waals surface area contributed by atoms with E-state index in [4.69, 9.17) is 0 Å². The van der Waals surface area contributed by atoms with Gasteiger partial charge in [-0.25, -0.2) is 0 Å². The SMILES string of the molecule is O=Cc1cn(C(F)(F)F)c2ccccc12. The average molecular weight is 213 g/mol. The number of nitrogens with zero attached hydrogens (tertiary/aromatic N) is 1. The number of alkyl halides is 3. The van der Waals surface area contributed by atoms with Gasteiger partial charge in [-0.3, -0.25) is 9.36 Å². The monoisotopic (exact) mass is 213 g/mol. The molecule has 0 amide bonds. The zero-order valence-corrected chi connectivity index (χ0v) is 7.45. The van der Waals surface area contributed by atoms with Crippen LogP contribution in [0.5, 0.6) is 0 Å². The first-order valence-corrected chi connectivity index (χ1v) is 4.16. The Hall–Kier alpha value is -1.78. The molecule has 0 saturated heterocycles. The lowest BCUT2D eigenvalue weighted by Crippen LogP contribution is -2.14. The van der Waals surface area contributed by atoms with E-state index in [1.165, 1.54) is 18.2 Å². The van der Waals surface area contributed by atoms with Gasteiger partial charge in [-0.1, -0.05) is 18.2 Å². The maximum absolute atomic E-state index is 12.5. The Morgan fingerprint density at radius 3 is 2.47 bits per heavy atom. The molecule has 0 aliphatic carbocycles. The Labute approximate surface area is 82.9 Å². The van der Waals surface area contributed by atoms with Gasteiger partial charge in [-0.2, -0.15) is 0 Å². The van der Waals surface area contributed by atoms with E-state index in [-0.39, 0.29) is 15.6 Å². The molecule has 78 valence electrons. The van der Waals surface area contributed by atoms with Crippen LogP contribution in [0.25, 0.3) is 10.9 Å². The quantitative estimate of drug-likeness (QED) is 0.667. The van der Waals surface area contributed by atoms with E-state index in [1.54, 1.807) is 6.07 Å². The third-order valence-electron chi connectivity index (χ3n) is 2.14. The van der Waals surface area contributed by atoms with Gasteiger partial charge in [0.05, 0.1) is 5.52 Å². The highest BCUT2D eigenvalue weighted by Crippen LogP contribution is 2.30. The second kappa shape index (κ2) is 3.12. The third kappa shape index (κ3) is 1.49. The first-order valence-electron chi connectivity index (χ1n) is 4.16. The number of fused-ring (bicyclic) bond motifs is 1. The molecular weight excluding hydrogens is 207 g/mol. The summed E-state index contributed by atoms with van der Waals surface area (Å²) in [5.41, 5.74) is 0.0371. The molecule has 0 spiro atoms. The van der Waals surface area contributed by atoms with Gasteiger partial charge in [-0.05, 0) is 6.07 Å². The summed E-state index contributed by atoms with van der Waals surface area (Å²) in [5.74, 6) is 0. The van der Waals surface area contributed by atoms with Crippen LogP contribution in [-0.2, 0) is 6.30 Å². The molecule has 0 fully saturated rings. The van der Waals surface area contributed by atoms with Crippen LogP contribution in [-0.4, -0.2) is 10.9 Å². The van der Waals surface area contributed by atoms with Crippen LogP contribution >= 0.6 is 0 Å². The maximum atomic E-state index is 12.5. The van der Waals surface area contributed by atoms with Crippen molar-refractivity contribution in [2.24, 2.45) is 0 Å². The number of benzene rings is 1. The molecule has 15 heavy (non-hydrogen) atoms. The fraction of sp³-hybridized carbons (Fsp3) is 0.100. The van der Waals surface area contributed by atoms with Gasteiger partial charge < -0.3 is 0 Å². The molecule has 2 aromatic rings. The number of aldehydes is 1. The van der Waals surface area contributed by atoms with Gasteiger partial charge >= 0.3 is 6.30 Å². The number of hydrogen-bond acceptors (Lipinski definition) is 1. The largest absolute Gasteiger partial charge is 0.488 e. The van der Waals surface area contributed by atoms with Crippen molar-refractivity contribution in [3.05, 3.63) is 36.0 Å². The van der Waals surface area contributed by atoms with Gasteiger partial charge in [0.1, 0.15) is 0 Å². The lowest BCUT2D eigenvalue weighted by Gasteiger charge is -2.08. The normalized spacial score (nSPS) is 11.9. The van der Waals surface area contributed by atoms with Crippen LogP contribution in [0.3, 0.4) is 0 Å². The van der Waals surface area contributed by atoms with E-state index in [9.17, 15) is 18.0 Å². The third-order valence-corrected chi connectivity index (χ3v) is 2.14. The number of aromatic nitrogens is 1. The summed E-state index contributed by atoms with van der Waals surface area (Å²) in [4.78, 5) is 10.6. The summed E-state index contributed by atoms with van der Waals surface area (Å²) < 4.78 is 37.7. The molecule has 0 saturated carbocycles.